The van der Waals surface area contributed by atoms with E-state index in [2.05, 4.69) is 32.8 Å². The van der Waals surface area contributed by atoms with Gasteiger partial charge in [0.25, 0.3) is 0 Å². The van der Waals surface area contributed by atoms with Crippen LogP contribution in [0.1, 0.15) is 0 Å². The van der Waals surface area contributed by atoms with Crippen LogP contribution in [-0.2, 0) is 0 Å². The summed E-state index contributed by atoms with van der Waals surface area (Å²) in [4.78, 5) is 0. The topological polar surface area (TPSA) is 63.9 Å². The van der Waals surface area contributed by atoms with Crippen LogP contribution >= 0.6 is 34.2 Å². The maximum Gasteiger partial charge on any atom is 0.159 e. The second-order valence-corrected chi connectivity index (χ2v) is 4.66. The average molecular weight is 350 g/mol. The second kappa shape index (κ2) is 4.50. The first-order chi connectivity index (χ1) is 7.63. The fourth-order valence-corrected chi connectivity index (χ4v) is 2.10. The van der Waals surface area contributed by atoms with E-state index in [0.717, 1.165) is 20.6 Å². The molecule has 0 unspecified atom stereocenters. The van der Waals surface area contributed by atoms with Crippen molar-refractivity contribution in [2.24, 2.45) is 0 Å². The van der Waals surface area contributed by atoms with Gasteiger partial charge >= 0.3 is 0 Å². The van der Waals surface area contributed by atoms with E-state index in [1.807, 2.05) is 12.1 Å². The van der Waals surface area contributed by atoms with Crippen LogP contribution in [0.15, 0.2) is 18.2 Å². The average Bonchev–Trinajstić information content (AvgIpc) is 2.60. The van der Waals surface area contributed by atoms with E-state index in [1.165, 1.54) is 0 Å². The van der Waals surface area contributed by atoms with E-state index in [1.54, 1.807) is 13.2 Å². The van der Waals surface area contributed by atoms with E-state index >= 15 is 0 Å². The number of halogens is 2. The fourth-order valence-electron chi connectivity index (χ4n) is 1.40. The molecule has 16 heavy (non-hydrogen) atoms. The van der Waals surface area contributed by atoms with Gasteiger partial charge in [-0.2, -0.15) is 5.10 Å². The van der Waals surface area contributed by atoms with Crippen molar-refractivity contribution >= 4 is 40.0 Å². The number of hydrogen-bond donors (Lipinski definition) is 2. The number of benzene rings is 1. The number of nitrogen functional groups attached to an aromatic ring is 1. The van der Waals surface area contributed by atoms with Crippen LogP contribution in [0.4, 0.5) is 5.82 Å². The van der Waals surface area contributed by atoms with Crippen molar-refractivity contribution in [2.45, 2.75) is 0 Å². The molecular formula is C10H9ClIN3O. The summed E-state index contributed by atoms with van der Waals surface area (Å²) in [6, 6.07) is 5.40. The highest BCUT2D eigenvalue weighted by Crippen LogP contribution is 2.35. The van der Waals surface area contributed by atoms with Crippen LogP contribution in [0, 0.1) is 3.57 Å². The van der Waals surface area contributed by atoms with Gasteiger partial charge in [-0.3, -0.25) is 5.10 Å². The smallest absolute Gasteiger partial charge is 0.159 e. The summed E-state index contributed by atoms with van der Waals surface area (Å²) in [5.74, 6) is 1.20. The minimum absolute atomic E-state index is 0.470. The second-order valence-electron chi connectivity index (χ2n) is 3.14. The first-order valence-electron chi connectivity index (χ1n) is 4.46. The molecule has 3 N–H and O–H groups in total. The van der Waals surface area contributed by atoms with E-state index in [9.17, 15) is 0 Å². The molecule has 0 bridgehead atoms. The Morgan fingerprint density at radius 1 is 1.50 bits per heavy atom. The molecule has 0 spiro atoms. The zero-order valence-electron chi connectivity index (χ0n) is 8.42. The van der Waals surface area contributed by atoms with Crippen LogP contribution in [0.3, 0.4) is 0 Å². The van der Waals surface area contributed by atoms with Crippen molar-refractivity contribution in [1.29, 1.82) is 0 Å². The lowest BCUT2D eigenvalue weighted by molar-refractivity contribution is 0.416. The van der Waals surface area contributed by atoms with Crippen molar-refractivity contribution in [3.63, 3.8) is 0 Å². The Labute approximate surface area is 111 Å². The number of ether oxygens (including phenoxy) is 1. The van der Waals surface area contributed by atoms with Crippen LogP contribution in [0.2, 0.25) is 5.02 Å². The monoisotopic (exact) mass is 349 g/mol. The van der Waals surface area contributed by atoms with Gasteiger partial charge in [-0.25, -0.2) is 0 Å². The quantitative estimate of drug-likeness (QED) is 0.820. The normalized spacial score (nSPS) is 10.4. The number of aromatic nitrogens is 2. The van der Waals surface area contributed by atoms with Gasteiger partial charge in [-0.15, -0.1) is 0 Å². The lowest BCUT2D eigenvalue weighted by Crippen LogP contribution is -1.90. The molecular weight excluding hydrogens is 340 g/mol. The first kappa shape index (κ1) is 11.5. The Morgan fingerprint density at radius 3 is 2.81 bits per heavy atom. The summed E-state index contributed by atoms with van der Waals surface area (Å²) in [6.07, 6.45) is 0. The predicted molar refractivity (Wildman–Crippen MR) is 72.7 cm³/mol. The number of anilines is 1. The number of aromatic amines is 1. The van der Waals surface area contributed by atoms with E-state index in [4.69, 9.17) is 22.1 Å². The molecule has 2 aromatic rings. The molecule has 0 saturated carbocycles. The van der Waals surface area contributed by atoms with E-state index < -0.39 is 0 Å². The van der Waals surface area contributed by atoms with Crippen molar-refractivity contribution in [1.82, 2.24) is 10.2 Å². The molecule has 1 aromatic heterocycles. The highest BCUT2D eigenvalue weighted by molar-refractivity contribution is 14.1. The summed E-state index contributed by atoms with van der Waals surface area (Å²) in [6.45, 7) is 0. The van der Waals surface area contributed by atoms with Crippen LogP contribution in [-0.4, -0.2) is 17.3 Å². The summed E-state index contributed by atoms with van der Waals surface area (Å²) in [5, 5.41) is 7.45. The van der Waals surface area contributed by atoms with E-state index in [0.29, 0.717) is 10.8 Å². The molecule has 84 valence electrons. The number of H-pyrrole nitrogens is 1. The molecule has 0 aliphatic rings. The third kappa shape index (κ3) is 1.97. The molecule has 0 amide bonds. The number of hydrogen-bond acceptors (Lipinski definition) is 3. The Kier molecular flexibility index (Phi) is 3.25. The van der Waals surface area contributed by atoms with E-state index in [-0.39, 0.29) is 0 Å². The third-order valence-electron chi connectivity index (χ3n) is 2.16. The van der Waals surface area contributed by atoms with Crippen molar-refractivity contribution in [2.75, 3.05) is 12.8 Å². The molecule has 0 aliphatic carbocycles. The van der Waals surface area contributed by atoms with Gasteiger partial charge in [0.15, 0.2) is 5.82 Å². The van der Waals surface area contributed by atoms with Gasteiger partial charge in [0.2, 0.25) is 0 Å². The van der Waals surface area contributed by atoms with Crippen LogP contribution in [0.25, 0.3) is 11.3 Å². The van der Waals surface area contributed by atoms with Gasteiger partial charge in [0.1, 0.15) is 5.75 Å². The van der Waals surface area contributed by atoms with Gasteiger partial charge in [-0.05, 0) is 40.8 Å². The minimum atomic E-state index is 0.470. The van der Waals surface area contributed by atoms with Crippen molar-refractivity contribution < 1.29 is 4.74 Å². The van der Waals surface area contributed by atoms with Gasteiger partial charge in [-0.1, -0.05) is 11.6 Å². The number of rotatable bonds is 2. The molecule has 1 heterocycles. The molecule has 1 aromatic carbocycles. The number of nitrogens with zero attached hydrogens (tertiary/aromatic N) is 1. The number of nitrogens with two attached hydrogens (primary N) is 1. The highest BCUT2D eigenvalue weighted by atomic mass is 127. The Morgan fingerprint density at radius 2 is 2.25 bits per heavy atom. The summed E-state index contributed by atoms with van der Waals surface area (Å²) >= 11 is 8.09. The molecule has 4 nitrogen and oxygen atoms in total. The highest BCUT2D eigenvalue weighted by Gasteiger charge is 2.14. The van der Waals surface area contributed by atoms with Crippen LogP contribution < -0.4 is 10.5 Å². The molecule has 0 saturated heterocycles. The van der Waals surface area contributed by atoms with Crippen molar-refractivity contribution in [3.8, 4) is 17.0 Å². The summed E-state index contributed by atoms with van der Waals surface area (Å²) in [5.41, 5.74) is 7.35. The molecule has 0 atom stereocenters. The van der Waals surface area contributed by atoms with Gasteiger partial charge in [0.05, 0.1) is 16.4 Å². The summed E-state index contributed by atoms with van der Waals surface area (Å²) < 4.78 is 6.13. The molecule has 2 rings (SSSR count). The largest absolute Gasteiger partial charge is 0.496 e. The molecule has 0 radical (unpaired) electrons. The number of nitrogens with one attached hydrogen (secondary N) is 1. The number of methoxy groups -OCH3 is 1. The zero-order chi connectivity index (χ0) is 11.7. The Bertz CT molecular complexity index is 527. The Balaban J connectivity index is 2.62. The van der Waals surface area contributed by atoms with Gasteiger partial charge < -0.3 is 10.5 Å². The maximum absolute atomic E-state index is 5.96. The van der Waals surface area contributed by atoms with Crippen molar-refractivity contribution in [3.05, 3.63) is 26.8 Å². The first-order valence-corrected chi connectivity index (χ1v) is 5.92. The van der Waals surface area contributed by atoms with Gasteiger partial charge in [0, 0.05) is 10.6 Å². The van der Waals surface area contributed by atoms with Crippen LogP contribution in [0.5, 0.6) is 5.75 Å². The minimum Gasteiger partial charge on any atom is -0.496 e. The molecule has 0 aliphatic heterocycles. The standard InChI is InChI=1S/C10H9ClIN3O/c1-16-7-3-2-5(11)4-6(7)9-8(12)10(13)15-14-9/h2-4H,1H3,(H3,13,14,15). The third-order valence-corrected chi connectivity index (χ3v) is 3.49. The predicted octanol–water partition coefficient (Wildman–Crippen LogP) is 2.93. The SMILES string of the molecule is COc1ccc(Cl)cc1-c1[nH]nc(N)c1I. The Hall–Kier alpha value is -0.950. The molecule has 0 fully saturated rings. The summed E-state index contributed by atoms with van der Waals surface area (Å²) in [7, 11) is 1.61. The lowest BCUT2D eigenvalue weighted by Gasteiger charge is -2.07. The fraction of sp³-hybridized carbons (Fsp3) is 0.100. The maximum atomic E-state index is 5.96. The molecule has 6 heteroatoms. The lowest BCUT2D eigenvalue weighted by atomic mass is 10.1. The zero-order valence-corrected chi connectivity index (χ0v) is 11.3.